The zero-order chi connectivity index (χ0) is 24.2. The lowest BCUT2D eigenvalue weighted by atomic mass is 10.00. The second kappa shape index (κ2) is 10.9. The second-order valence-corrected chi connectivity index (χ2v) is 10.5. The molecule has 2 aliphatic rings. The van der Waals surface area contributed by atoms with Crippen molar-refractivity contribution >= 4 is 17.2 Å². The number of ether oxygens (including phenoxy) is 1. The molecule has 1 aliphatic heterocycles. The Hall–Kier alpha value is -2.74. The first-order valence-electron chi connectivity index (χ1n) is 12.3. The number of hydrogen-bond acceptors (Lipinski definition) is 5. The van der Waals surface area contributed by atoms with Crippen molar-refractivity contribution in [3.8, 4) is 5.75 Å². The Morgan fingerprint density at radius 3 is 2.77 bits per heavy atom. The molecule has 0 bridgehead atoms. The van der Waals surface area contributed by atoms with Crippen LogP contribution in [0.1, 0.15) is 41.0 Å². The number of benzene rings is 2. The predicted octanol–water partition coefficient (Wildman–Crippen LogP) is 4.84. The fourth-order valence-corrected chi connectivity index (χ4v) is 5.71. The molecule has 5 nitrogen and oxygen atoms in total. The van der Waals surface area contributed by atoms with Gasteiger partial charge in [0, 0.05) is 30.6 Å². The summed E-state index contributed by atoms with van der Waals surface area (Å²) in [7, 11) is 0. The Kier molecular flexibility index (Phi) is 7.46. The first-order chi connectivity index (χ1) is 17.1. The van der Waals surface area contributed by atoms with Gasteiger partial charge in [-0.25, -0.2) is 4.39 Å². The Morgan fingerprint density at radius 2 is 2.00 bits per heavy atom. The topological polar surface area (TPSA) is 53.0 Å². The summed E-state index contributed by atoms with van der Waals surface area (Å²) < 4.78 is 19.6. The molecule has 0 spiro atoms. The van der Waals surface area contributed by atoms with Crippen molar-refractivity contribution in [2.75, 3.05) is 32.8 Å². The van der Waals surface area contributed by atoms with Crippen molar-refractivity contribution in [3.63, 3.8) is 0 Å². The maximum atomic E-state index is 13.6. The van der Waals surface area contributed by atoms with Crippen LogP contribution in [0, 0.1) is 11.7 Å². The number of halogens is 1. The first-order valence-corrected chi connectivity index (χ1v) is 13.1. The van der Waals surface area contributed by atoms with Crippen molar-refractivity contribution in [2.24, 2.45) is 5.92 Å². The van der Waals surface area contributed by atoms with Crippen molar-refractivity contribution in [1.82, 2.24) is 9.80 Å². The van der Waals surface area contributed by atoms with Crippen LogP contribution in [0.4, 0.5) is 4.39 Å². The van der Waals surface area contributed by atoms with Gasteiger partial charge in [0.05, 0.1) is 18.7 Å². The third-order valence-electron chi connectivity index (χ3n) is 6.81. The fraction of sp³-hybridized carbons (Fsp3) is 0.393. The smallest absolute Gasteiger partial charge is 0.237 e. The maximum Gasteiger partial charge on any atom is 0.237 e. The Bertz CT molecular complexity index is 1130. The van der Waals surface area contributed by atoms with Crippen LogP contribution in [0.25, 0.3) is 0 Å². The van der Waals surface area contributed by atoms with Crippen LogP contribution in [-0.2, 0) is 11.2 Å². The minimum atomic E-state index is -0.639. The quantitative estimate of drug-likeness (QED) is 0.438. The summed E-state index contributed by atoms with van der Waals surface area (Å²) in [5.74, 6) is 0.752. The summed E-state index contributed by atoms with van der Waals surface area (Å²) in [6.45, 7) is 2.40. The van der Waals surface area contributed by atoms with Gasteiger partial charge in [-0.3, -0.25) is 9.69 Å². The predicted molar refractivity (Wildman–Crippen MR) is 135 cm³/mol. The summed E-state index contributed by atoms with van der Waals surface area (Å²) in [5, 5.41) is 12.9. The molecule has 2 atom stereocenters. The average Bonchev–Trinajstić information content (AvgIpc) is 3.54. The minimum Gasteiger partial charge on any atom is -0.491 e. The first kappa shape index (κ1) is 24.0. The van der Waals surface area contributed by atoms with Gasteiger partial charge in [0.1, 0.15) is 18.2 Å². The van der Waals surface area contributed by atoms with E-state index >= 15 is 0 Å². The summed E-state index contributed by atoms with van der Waals surface area (Å²) >= 11 is 1.71. The molecule has 7 heteroatoms. The lowest BCUT2D eigenvalue weighted by Crippen LogP contribution is -2.47. The van der Waals surface area contributed by atoms with E-state index < -0.39 is 6.10 Å². The maximum absolute atomic E-state index is 13.6. The molecule has 0 radical (unpaired) electrons. The van der Waals surface area contributed by atoms with Crippen LogP contribution in [-0.4, -0.2) is 53.6 Å². The van der Waals surface area contributed by atoms with Crippen LogP contribution in [0.15, 0.2) is 66.0 Å². The summed E-state index contributed by atoms with van der Waals surface area (Å²) in [6.07, 6.45) is 2.54. The van der Waals surface area contributed by atoms with E-state index in [1.165, 1.54) is 29.9 Å². The summed E-state index contributed by atoms with van der Waals surface area (Å²) in [6, 6.07) is 17.6. The van der Waals surface area contributed by atoms with E-state index in [4.69, 9.17) is 4.74 Å². The highest BCUT2D eigenvalue weighted by molar-refractivity contribution is 7.10. The van der Waals surface area contributed by atoms with Crippen LogP contribution in [0.2, 0.25) is 0 Å². The molecule has 5 rings (SSSR count). The number of amides is 1. The van der Waals surface area contributed by atoms with Crippen molar-refractivity contribution < 1.29 is 19.0 Å². The highest BCUT2D eigenvalue weighted by Crippen LogP contribution is 2.35. The largest absolute Gasteiger partial charge is 0.491 e. The number of carbonyl (C=O) groups excluding carboxylic acids is 1. The standard InChI is InChI=1S/C28H31FN2O3S/c29-22-7-4-8-23(15-22)34-19-25-24-12-14-35-27(24)11-13-31(25)28(33)18-30(16-20-9-10-20)17-26(32)21-5-2-1-3-6-21/h1-8,12,14-15,20,25-26,32H,9-11,13,16-19H2/t25-,26-/m0/s1. The molecular weight excluding hydrogens is 463 g/mol. The van der Waals surface area contributed by atoms with Gasteiger partial charge in [-0.15, -0.1) is 11.3 Å². The molecular formula is C28H31FN2O3S. The molecule has 2 aromatic carbocycles. The molecule has 184 valence electrons. The molecule has 1 N–H and O–H groups in total. The SMILES string of the molecule is O=C(CN(CC1CC1)C[C@H](O)c1ccccc1)N1CCc2sccc2[C@@H]1COc1cccc(F)c1. The number of rotatable bonds is 10. The zero-order valence-electron chi connectivity index (χ0n) is 19.7. The molecule has 3 aromatic rings. The van der Waals surface area contributed by atoms with Crippen LogP contribution in [0.3, 0.4) is 0 Å². The second-order valence-electron chi connectivity index (χ2n) is 9.48. The zero-order valence-corrected chi connectivity index (χ0v) is 20.5. The monoisotopic (exact) mass is 494 g/mol. The van der Waals surface area contributed by atoms with Gasteiger partial charge in [0.2, 0.25) is 5.91 Å². The molecule has 0 saturated heterocycles. The van der Waals surface area contributed by atoms with E-state index in [2.05, 4.69) is 16.3 Å². The van der Waals surface area contributed by atoms with Gasteiger partial charge < -0.3 is 14.7 Å². The number of hydrogen-bond donors (Lipinski definition) is 1. The van der Waals surface area contributed by atoms with E-state index in [1.54, 1.807) is 23.5 Å². The number of carbonyl (C=O) groups is 1. The van der Waals surface area contributed by atoms with Gasteiger partial charge in [-0.2, -0.15) is 0 Å². The Morgan fingerprint density at radius 1 is 1.17 bits per heavy atom. The minimum absolute atomic E-state index is 0.0376. The van der Waals surface area contributed by atoms with Crippen molar-refractivity contribution in [3.05, 3.63) is 87.9 Å². The van der Waals surface area contributed by atoms with Gasteiger partial charge >= 0.3 is 0 Å². The lowest BCUT2D eigenvalue weighted by molar-refractivity contribution is -0.136. The van der Waals surface area contributed by atoms with Crippen molar-refractivity contribution in [1.29, 1.82) is 0 Å². The van der Waals surface area contributed by atoms with Gasteiger partial charge in [0.25, 0.3) is 0 Å². The van der Waals surface area contributed by atoms with Crippen LogP contribution in [0.5, 0.6) is 5.75 Å². The van der Waals surface area contributed by atoms with Crippen molar-refractivity contribution in [2.45, 2.75) is 31.4 Å². The molecule has 1 amide bonds. The molecule has 1 saturated carbocycles. The molecule has 1 fully saturated rings. The van der Waals surface area contributed by atoms with E-state index in [0.717, 1.165) is 24.1 Å². The van der Waals surface area contributed by atoms with E-state index in [0.29, 0.717) is 24.8 Å². The number of thiophene rings is 1. The van der Waals surface area contributed by atoms with E-state index in [1.807, 2.05) is 35.2 Å². The third-order valence-corrected chi connectivity index (χ3v) is 7.80. The Labute approximate surface area is 209 Å². The van der Waals surface area contributed by atoms with Crippen LogP contribution >= 0.6 is 11.3 Å². The van der Waals surface area contributed by atoms with E-state index in [-0.39, 0.29) is 30.9 Å². The molecule has 1 aliphatic carbocycles. The summed E-state index contributed by atoms with van der Waals surface area (Å²) in [4.78, 5) is 18.9. The summed E-state index contributed by atoms with van der Waals surface area (Å²) in [5.41, 5.74) is 1.98. The van der Waals surface area contributed by atoms with Gasteiger partial charge in [-0.05, 0) is 59.9 Å². The van der Waals surface area contributed by atoms with Gasteiger partial charge in [-0.1, -0.05) is 36.4 Å². The third kappa shape index (κ3) is 6.10. The normalized spacial score (nSPS) is 18.4. The molecule has 1 aromatic heterocycles. The molecule has 35 heavy (non-hydrogen) atoms. The lowest BCUT2D eigenvalue weighted by Gasteiger charge is -2.37. The van der Waals surface area contributed by atoms with Gasteiger partial charge in [0.15, 0.2) is 0 Å². The highest BCUT2D eigenvalue weighted by atomic mass is 32.1. The van der Waals surface area contributed by atoms with Crippen LogP contribution < -0.4 is 4.74 Å². The van der Waals surface area contributed by atoms with E-state index in [9.17, 15) is 14.3 Å². The number of aliphatic hydroxyl groups excluding tert-OH is 1. The number of aliphatic hydroxyl groups is 1. The average molecular weight is 495 g/mol. The fourth-order valence-electron chi connectivity index (χ4n) is 4.78. The molecule has 2 heterocycles. The molecule has 0 unspecified atom stereocenters. The Balaban J connectivity index is 1.29. The number of fused-ring (bicyclic) bond motifs is 1. The highest BCUT2D eigenvalue weighted by Gasteiger charge is 2.34. The number of nitrogens with zero attached hydrogens (tertiary/aromatic N) is 2.